The molecule has 0 spiro atoms. The number of hydrogen-bond acceptors (Lipinski definition) is 4. The molecule has 2 rings (SSSR count). The molecule has 2 N–H and O–H groups in total. The van der Waals surface area contributed by atoms with Gasteiger partial charge in [-0.05, 0) is 30.8 Å². The molecule has 5 heteroatoms. The molecule has 1 heterocycles. The minimum Gasteiger partial charge on any atom is -0.329 e. The summed E-state index contributed by atoms with van der Waals surface area (Å²) in [5, 5.41) is 0. The van der Waals surface area contributed by atoms with Gasteiger partial charge in [0.2, 0.25) is 0 Å². The first-order valence-electron chi connectivity index (χ1n) is 6.11. The molecule has 0 bridgehead atoms. The number of halogens is 1. The second-order valence-electron chi connectivity index (χ2n) is 4.43. The molecule has 0 saturated heterocycles. The van der Waals surface area contributed by atoms with Crippen LogP contribution < -0.4 is 5.73 Å². The molecular formula is C14H17BrN4. The Balaban J connectivity index is 2.09. The molecule has 0 saturated carbocycles. The van der Waals surface area contributed by atoms with E-state index in [0.29, 0.717) is 6.54 Å². The summed E-state index contributed by atoms with van der Waals surface area (Å²) in [6.07, 6.45) is 3.31. The van der Waals surface area contributed by atoms with E-state index in [9.17, 15) is 0 Å². The van der Waals surface area contributed by atoms with Gasteiger partial charge in [-0.15, -0.1) is 0 Å². The van der Waals surface area contributed by atoms with Crippen molar-refractivity contribution in [1.82, 2.24) is 14.9 Å². The first kappa shape index (κ1) is 14.1. The highest BCUT2D eigenvalue weighted by molar-refractivity contribution is 9.10. The van der Waals surface area contributed by atoms with Crippen LogP contribution in [0.3, 0.4) is 0 Å². The summed E-state index contributed by atoms with van der Waals surface area (Å²) in [5.41, 5.74) is 8.08. The van der Waals surface area contributed by atoms with E-state index in [1.54, 1.807) is 12.5 Å². The van der Waals surface area contributed by atoms with Crippen molar-refractivity contribution < 1.29 is 0 Å². The summed E-state index contributed by atoms with van der Waals surface area (Å²) in [7, 11) is 2.06. The van der Waals surface area contributed by atoms with E-state index in [1.807, 2.05) is 18.2 Å². The Bertz CT molecular complexity index is 501. The Morgan fingerprint density at radius 1 is 1.26 bits per heavy atom. The summed E-state index contributed by atoms with van der Waals surface area (Å²) in [6, 6.07) is 10.3. The number of nitrogens with zero attached hydrogens (tertiary/aromatic N) is 3. The summed E-state index contributed by atoms with van der Waals surface area (Å²) >= 11 is 3.44. The highest BCUT2D eigenvalue weighted by atomic mass is 79.9. The lowest BCUT2D eigenvalue weighted by molar-refractivity contribution is 0.237. The van der Waals surface area contributed by atoms with Crippen molar-refractivity contribution >= 4 is 15.9 Å². The molecule has 1 aromatic carbocycles. The van der Waals surface area contributed by atoms with Gasteiger partial charge in [-0.1, -0.05) is 28.1 Å². The molecule has 0 aliphatic carbocycles. The van der Waals surface area contributed by atoms with Gasteiger partial charge < -0.3 is 5.73 Å². The van der Waals surface area contributed by atoms with Gasteiger partial charge >= 0.3 is 0 Å². The average molecular weight is 321 g/mol. The Hall–Kier alpha value is -1.30. The van der Waals surface area contributed by atoms with Crippen LogP contribution in [-0.2, 0) is 6.54 Å². The monoisotopic (exact) mass is 320 g/mol. The van der Waals surface area contributed by atoms with Gasteiger partial charge in [0.05, 0.1) is 11.7 Å². The zero-order chi connectivity index (χ0) is 13.7. The van der Waals surface area contributed by atoms with Crippen LogP contribution in [0.4, 0.5) is 0 Å². The molecule has 1 unspecified atom stereocenters. The number of hydrogen-bond donors (Lipinski definition) is 1. The SMILES string of the molecule is CN(Cc1ccc(Br)cc1)C(CN)c1ccncn1. The summed E-state index contributed by atoms with van der Waals surface area (Å²) in [4.78, 5) is 10.4. The van der Waals surface area contributed by atoms with Gasteiger partial charge in [0.25, 0.3) is 0 Å². The van der Waals surface area contributed by atoms with Gasteiger partial charge in [-0.25, -0.2) is 9.97 Å². The lowest BCUT2D eigenvalue weighted by atomic mass is 10.1. The third-order valence-electron chi connectivity index (χ3n) is 3.05. The van der Waals surface area contributed by atoms with Crippen molar-refractivity contribution in [3.05, 3.63) is 58.6 Å². The van der Waals surface area contributed by atoms with E-state index in [-0.39, 0.29) is 6.04 Å². The van der Waals surface area contributed by atoms with E-state index in [2.05, 4.69) is 50.0 Å². The maximum absolute atomic E-state index is 5.87. The van der Waals surface area contributed by atoms with E-state index in [4.69, 9.17) is 5.73 Å². The Kier molecular flexibility index (Phi) is 5.01. The van der Waals surface area contributed by atoms with Crippen molar-refractivity contribution in [3.63, 3.8) is 0 Å². The van der Waals surface area contributed by atoms with E-state index in [0.717, 1.165) is 16.7 Å². The third kappa shape index (κ3) is 3.83. The minimum atomic E-state index is 0.103. The molecule has 1 atom stereocenters. The van der Waals surface area contributed by atoms with Crippen molar-refractivity contribution in [3.8, 4) is 0 Å². The number of likely N-dealkylation sites (N-methyl/N-ethyl adjacent to an activating group) is 1. The van der Waals surface area contributed by atoms with Crippen LogP contribution in [0.2, 0.25) is 0 Å². The molecule has 0 amide bonds. The summed E-state index contributed by atoms with van der Waals surface area (Å²) < 4.78 is 1.09. The van der Waals surface area contributed by atoms with Crippen LogP contribution in [-0.4, -0.2) is 28.5 Å². The maximum atomic E-state index is 5.87. The normalized spacial score (nSPS) is 12.6. The van der Waals surface area contributed by atoms with E-state index < -0.39 is 0 Å². The molecule has 0 aliphatic heterocycles. The third-order valence-corrected chi connectivity index (χ3v) is 3.58. The Morgan fingerprint density at radius 3 is 2.58 bits per heavy atom. The fourth-order valence-corrected chi connectivity index (χ4v) is 2.28. The maximum Gasteiger partial charge on any atom is 0.115 e. The van der Waals surface area contributed by atoms with Crippen LogP contribution >= 0.6 is 15.9 Å². The van der Waals surface area contributed by atoms with Crippen molar-refractivity contribution in [1.29, 1.82) is 0 Å². The molecule has 4 nitrogen and oxygen atoms in total. The van der Waals surface area contributed by atoms with E-state index in [1.165, 1.54) is 5.56 Å². The van der Waals surface area contributed by atoms with Gasteiger partial charge in [0, 0.05) is 23.8 Å². The van der Waals surface area contributed by atoms with Crippen molar-refractivity contribution in [2.75, 3.05) is 13.6 Å². The largest absolute Gasteiger partial charge is 0.329 e. The smallest absolute Gasteiger partial charge is 0.115 e. The summed E-state index contributed by atoms with van der Waals surface area (Å²) in [6.45, 7) is 1.36. The molecule has 19 heavy (non-hydrogen) atoms. The first-order chi connectivity index (χ1) is 9.20. The second kappa shape index (κ2) is 6.75. The number of aromatic nitrogens is 2. The first-order valence-corrected chi connectivity index (χ1v) is 6.90. The standard InChI is InChI=1S/C14H17BrN4/c1-19(9-11-2-4-12(15)5-3-11)14(8-16)13-6-7-17-10-18-13/h2-7,10,14H,8-9,16H2,1H3. The fourth-order valence-electron chi connectivity index (χ4n) is 2.01. The molecule has 2 aromatic rings. The van der Waals surface area contributed by atoms with Crippen LogP contribution in [0, 0.1) is 0 Å². The lowest BCUT2D eigenvalue weighted by Gasteiger charge is -2.26. The molecule has 0 fully saturated rings. The highest BCUT2D eigenvalue weighted by Crippen LogP contribution is 2.19. The number of nitrogens with two attached hydrogens (primary N) is 1. The minimum absolute atomic E-state index is 0.103. The zero-order valence-electron chi connectivity index (χ0n) is 10.8. The molecule has 0 aliphatic rings. The van der Waals surface area contributed by atoms with Gasteiger partial charge in [-0.2, -0.15) is 0 Å². The number of benzene rings is 1. The van der Waals surface area contributed by atoms with Gasteiger partial charge in [0.15, 0.2) is 0 Å². The molecular weight excluding hydrogens is 304 g/mol. The molecule has 0 radical (unpaired) electrons. The fraction of sp³-hybridized carbons (Fsp3) is 0.286. The number of rotatable bonds is 5. The topological polar surface area (TPSA) is 55.0 Å². The van der Waals surface area contributed by atoms with Crippen LogP contribution in [0.25, 0.3) is 0 Å². The van der Waals surface area contributed by atoms with Crippen molar-refractivity contribution in [2.24, 2.45) is 5.73 Å². The van der Waals surface area contributed by atoms with Crippen LogP contribution in [0.5, 0.6) is 0 Å². The quantitative estimate of drug-likeness (QED) is 0.919. The highest BCUT2D eigenvalue weighted by Gasteiger charge is 2.16. The van der Waals surface area contributed by atoms with Crippen LogP contribution in [0.15, 0.2) is 47.3 Å². The van der Waals surface area contributed by atoms with Crippen LogP contribution in [0.1, 0.15) is 17.3 Å². The zero-order valence-corrected chi connectivity index (χ0v) is 12.4. The van der Waals surface area contributed by atoms with Gasteiger partial charge in [-0.3, -0.25) is 4.90 Å². The molecule has 1 aromatic heterocycles. The van der Waals surface area contributed by atoms with E-state index >= 15 is 0 Å². The average Bonchev–Trinajstić information content (AvgIpc) is 2.43. The Morgan fingerprint density at radius 2 is 2.00 bits per heavy atom. The summed E-state index contributed by atoms with van der Waals surface area (Å²) in [5.74, 6) is 0. The predicted octanol–water partition coefficient (Wildman–Crippen LogP) is 2.37. The lowest BCUT2D eigenvalue weighted by Crippen LogP contribution is -2.30. The predicted molar refractivity (Wildman–Crippen MR) is 79.4 cm³/mol. The Labute approximate surface area is 121 Å². The molecule has 100 valence electrons. The van der Waals surface area contributed by atoms with Gasteiger partial charge in [0.1, 0.15) is 6.33 Å². The second-order valence-corrected chi connectivity index (χ2v) is 5.34. The van der Waals surface area contributed by atoms with Crippen molar-refractivity contribution in [2.45, 2.75) is 12.6 Å².